The first kappa shape index (κ1) is 11.7. The van der Waals surface area contributed by atoms with E-state index in [2.05, 4.69) is 5.32 Å². The van der Waals surface area contributed by atoms with E-state index in [1.54, 1.807) is 24.3 Å². The summed E-state index contributed by atoms with van der Waals surface area (Å²) in [5.41, 5.74) is 3.57. The normalized spacial score (nSPS) is 16.1. The number of rotatable bonds is 3. The van der Waals surface area contributed by atoms with E-state index in [0.29, 0.717) is 11.3 Å². The van der Waals surface area contributed by atoms with Gasteiger partial charge < -0.3 is 5.32 Å². The lowest BCUT2D eigenvalue weighted by molar-refractivity contribution is -0.118. The van der Waals surface area contributed by atoms with Crippen molar-refractivity contribution in [3.05, 3.63) is 65.2 Å². The van der Waals surface area contributed by atoms with Crippen molar-refractivity contribution in [3.63, 3.8) is 0 Å². The molecule has 0 saturated heterocycles. The zero-order valence-electron chi connectivity index (χ0n) is 10.3. The first-order chi connectivity index (χ1) is 9.28. The second-order valence-corrected chi connectivity index (χ2v) is 4.69. The highest BCUT2D eigenvalue weighted by Gasteiger charge is 2.31. The van der Waals surface area contributed by atoms with Gasteiger partial charge in [-0.3, -0.25) is 9.59 Å². The number of amides is 1. The Labute approximate surface area is 111 Å². The minimum absolute atomic E-state index is 0.0123. The van der Waals surface area contributed by atoms with Crippen molar-refractivity contribution in [2.24, 2.45) is 0 Å². The van der Waals surface area contributed by atoms with Crippen molar-refractivity contribution in [2.75, 3.05) is 5.32 Å². The molecule has 3 rings (SSSR count). The molecule has 0 spiro atoms. The molecule has 1 N–H and O–H groups in total. The topological polar surface area (TPSA) is 46.2 Å². The van der Waals surface area contributed by atoms with Gasteiger partial charge in [0.25, 0.3) is 0 Å². The molecular weight excluding hydrogens is 238 g/mol. The van der Waals surface area contributed by atoms with Gasteiger partial charge in [0.05, 0.1) is 5.92 Å². The molecule has 1 aliphatic rings. The fourth-order valence-electron chi connectivity index (χ4n) is 2.41. The number of hydrogen-bond acceptors (Lipinski definition) is 2. The van der Waals surface area contributed by atoms with Crippen molar-refractivity contribution in [1.29, 1.82) is 0 Å². The molecule has 19 heavy (non-hydrogen) atoms. The predicted molar refractivity (Wildman–Crippen MR) is 73.3 cm³/mol. The van der Waals surface area contributed by atoms with Crippen molar-refractivity contribution < 1.29 is 9.59 Å². The summed E-state index contributed by atoms with van der Waals surface area (Å²) in [4.78, 5) is 22.9. The summed E-state index contributed by atoms with van der Waals surface area (Å²) in [6.45, 7) is 0. The number of aldehydes is 1. The minimum Gasteiger partial charge on any atom is -0.326 e. The molecule has 0 radical (unpaired) electrons. The molecule has 0 saturated carbocycles. The fourth-order valence-corrected chi connectivity index (χ4v) is 2.41. The summed E-state index contributed by atoms with van der Waals surface area (Å²) in [5.74, 6) is -0.0853. The Hall–Kier alpha value is -2.42. The summed E-state index contributed by atoms with van der Waals surface area (Å²) in [7, 11) is 0. The van der Waals surface area contributed by atoms with Gasteiger partial charge in [0.2, 0.25) is 5.91 Å². The zero-order valence-corrected chi connectivity index (χ0v) is 10.3. The van der Waals surface area contributed by atoms with E-state index in [0.717, 1.165) is 18.3 Å². The maximum atomic E-state index is 12.2. The van der Waals surface area contributed by atoms with E-state index in [4.69, 9.17) is 0 Å². The van der Waals surface area contributed by atoms with Gasteiger partial charge in [-0.2, -0.15) is 0 Å². The van der Waals surface area contributed by atoms with Crippen LogP contribution >= 0.6 is 0 Å². The SMILES string of the molecule is O=Cc1cccc(NC(=O)C2Cc3ccccc32)c1. The molecule has 94 valence electrons. The van der Waals surface area contributed by atoms with Crippen LogP contribution in [0.1, 0.15) is 27.4 Å². The monoisotopic (exact) mass is 251 g/mol. The lowest BCUT2D eigenvalue weighted by Gasteiger charge is -2.28. The van der Waals surface area contributed by atoms with Gasteiger partial charge in [-0.25, -0.2) is 0 Å². The van der Waals surface area contributed by atoms with E-state index in [-0.39, 0.29) is 11.8 Å². The van der Waals surface area contributed by atoms with Gasteiger partial charge in [0, 0.05) is 11.3 Å². The number of fused-ring (bicyclic) bond motifs is 1. The highest BCUT2D eigenvalue weighted by Crippen LogP contribution is 2.35. The predicted octanol–water partition coefficient (Wildman–Crippen LogP) is 2.78. The van der Waals surface area contributed by atoms with Gasteiger partial charge in [0.1, 0.15) is 6.29 Å². The molecular formula is C16H13NO2. The van der Waals surface area contributed by atoms with Gasteiger partial charge in [-0.05, 0) is 29.7 Å². The van der Waals surface area contributed by atoms with E-state index in [9.17, 15) is 9.59 Å². The van der Waals surface area contributed by atoms with E-state index >= 15 is 0 Å². The highest BCUT2D eigenvalue weighted by molar-refractivity contribution is 5.98. The van der Waals surface area contributed by atoms with Crippen molar-refractivity contribution in [1.82, 2.24) is 0 Å². The Balaban J connectivity index is 1.75. The smallest absolute Gasteiger partial charge is 0.232 e. The Morgan fingerprint density at radius 2 is 2.00 bits per heavy atom. The van der Waals surface area contributed by atoms with Crippen LogP contribution in [-0.4, -0.2) is 12.2 Å². The summed E-state index contributed by atoms with van der Waals surface area (Å²) in [6.07, 6.45) is 1.56. The second-order valence-electron chi connectivity index (χ2n) is 4.69. The maximum Gasteiger partial charge on any atom is 0.232 e. The van der Waals surface area contributed by atoms with Crippen LogP contribution in [0.2, 0.25) is 0 Å². The van der Waals surface area contributed by atoms with Crippen LogP contribution in [0.3, 0.4) is 0 Å². The molecule has 0 heterocycles. The van der Waals surface area contributed by atoms with Gasteiger partial charge >= 0.3 is 0 Å². The van der Waals surface area contributed by atoms with Crippen LogP contribution in [0.15, 0.2) is 48.5 Å². The second kappa shape index (κ2) is 4.69. The van der Waals surface area contributed by atoms with Crippen LogP contribution < -0.4 is 5.32 Å². The number of carbonyl (C=O) groups excluding carboxylic acids is 2. The lowest BCUT2D eigenvalue weighted by atomic mass is 9.77. The molecule has 0 aliphatic heterocycles. The molecule has 2 aromatic rings. The molecule has 1 amide bonds. The van der Waals surface area contributed by atoms with Crippen LogP contribution in [-0.2, 0) is 11.2 Å². The van der Waals surface area contributed by atoms with E-state index in [1.165, 1.54) is 5.56 Å². The third-order valence-electron chi connectivity index (χ3n) is 3.46. The Kier molecular flexibility index (Phi) is 2.88. The van der Waals surface area contributed by atoms with Gasteiger partial charge in [0.15, 0.2) is 0 Å². The van der Waals surface area contributed by atoms with Gasteiger partial charge in [-0.15, -0.1) is 0 Å². The molecule has 0 fully saturated rings. The van der Waals surface area contributed by atoms with Crippen LogP contribution in [0.5, 0.6) is 0 Å². The van der Waals surface area contributed by atoms with Crippen LogP contribution in [0.25, 0.3) is 0 Å². The molecule has 3 nitrogen and oxygen atoms in total. The first-order valence-electron chi connectivity index (χ1n) is 6.22. The minimum atomic E-state index is -0.0731. The Bertz CT molecular complexity index is 649. The van der Waals surface area contributed by atoms with E-state index in [1.807, 2.05) is 24.3 Å². The fraction of sp³-hybridized carbons (Fsp3) is 0.125. The third-order valence-corrected chi connectivity index (χ3v) is 3.46. The molecule has 2 aromatic carbocycles. The van der Waals surface area contributed by atoms with Crippen LogP contribution in [0, 0.1) is 0 Å². The molecule has 0 aromatic heterocycles. The molecule has 3 heteroatoms. The summed E-state index contributed by atoms with van der Waals surface area (Å²) in [5, 5.41) is 2.86. The van der Waals surface area contributed by atoms with Gasteiger partial charge in [-0.1, -0.05) is 36.4 Å². The third kappa shape index (κ3) is 2.15. The lowest BCUT2D eigenvalue weighted by Crippen LogP contribution is -2.30. The average Bonchev–Trinajstić information content (AvgIpc) is 2.40. The largest absolute Gasteiger partial charge is 0.326 e. The standard InChI is InChI=1S/C16H13NO2/c18-10-11-4-3-6-13(8-11)17-16(19)15-9-12-5-1-2-7-14(12)15/h1-8,10,15H,9H2,(H,17,19). The summed E-state index contributed by atoms with van der Waals surface area (Å²) >= 11 is 0. The Morgan fingerprint density at radius 1 is 1.16 bits per heavy atom. The summed E-state index contributed by atoms with van der Waals surface area (Å²) in [6, 6.07) is 14.9. The number of anilines is 1. The first-order valence-corrected chi connectivity index (χ1v) is 6.22. The van der Waals surface area contributed by atoms with Crippen molar-refractivity contribution in [3.8, 4) is 0 Å². The van der Waals surface area contributed by atoms with Crippen molar-refractivity contribution >= 4 is 17.9 Å². The molecule has 1 atom stereocenters. The number of benzene rings is 2. The molecule has 1 aliphatic carbocycles. The number of nitrogens with one attached hydrogen (secondary N) is 1. The van der Waals surface area contributed by atoms with Crippen molar-refractivity contribution in [2.45, 2.75) is 12.3 Å². The number of hydrogen-bond donors (Lipinski definition) is 1. The summed E-state index contributed by atoms with van der Waals surface area (Å²) < 4.78 is 0. The molecule has 0 bridgehead atoms. The molecule has 1 unspecified atom stereocenters. The highest BCUT2D eigenvalue weighted by atomic mass is 16.2. The average molecular weight is 251 g/mol. The van der Waals surface area contributed by atoms with E-state index < -0.39 is 0 Å². The van der Waals surface area contributed by atoms with Crippen LogP contribution in [0.4, 0.5) is 5.69 Å². The number of carbonyl (C=O) groups is 2. The quantitative estimate of drug-likeness (QED) is 0.852. The zero-order chi connectivity index (χ0) is 13.2. The Morgan fingerprint density at radius 3 is 2.79 bits per heavy atom. The maximum absolute atomic E-state index is 12.2.